The molecule has 2 aromatic rings. The number of hydrogen-bond acceptors (Lipinski definition) is 3. The first-order chi connectivity index (χ1) is 10.6. The topological polar surface area (TPSA) is 39.1 Å². The van der Waals surface area contributed by atoms with Gasteiger partial charge in [0.25, 0.3) is 0 Å². The zero-order valence-electron chi connectivity index (χ0n) is 13.9. The molecule has 1 N–H and O–H groups in total. The normalized spacial score (nSPS) is 10.7. The first-order valence-corrected chi connectivity index (χ1v) is 7.67. The van der Waals surface area contributed by atoms with E-state index in [1.807, 2.05) is 23.9 Å². The van der Waals surface area contributed by atoms with Gasteiger partial charge in [-0.2, -0.15) is 5.10 Å². The molecule has 1 aromatic heterocycles. The number of rotatable bonds is 8. The van der Waals surface area contributed by atoms with Crippen LogP contribution in [0.15, 0.2) is 30.3 Å². The molecule has 1 aromatic carbocycles. The molecule has 0 bridgehead atoms. The monoisotopic (exact) mass is 341 g/mol. The van der Waals surface area contributed by atoms with Crippen LogP contribution in [0.3, 0.4) is 0 Å². The Morgan fingerprint density at radius 2 is 2.09 bits per heavy atom. The molecule has 0 saturated carbocycles. The van der Waals surface area contributed by atoms with Gasteiger partial charge < -0.3 is 10.1 Å². The summed E-state index contributed by atoms with van der Waals surface area (Å²) in [6.45, 7) is 6.23. The maximum atomic E-state index is 13.2. The number of nitrogens with zero attached hydrogens (tertiary/aromatic N) is 2. The highest BCUT2D eigenvalue weighted by Crippen LogP contribution is 2.18. The van der Waals surface area contributed by atoms with Crippen molar-refractivity contribution in [1.82, 2.24) is 15.1 Å². The molecule has 1 heterocycles. The van der Waals surface area contributed by atoms with Crippen LogP contribution in [0.2, 0.25) is 0 Å². The summed E-state index contributed by atoms with van der Waals surface area (Å²) in [5, 5.41) is 7.65. The van der Waals surface area contributed by atoms with Gasteiger partial charge in [0.05, 0.1) is 5.69 Å². The Morgan fingerprint density at radius 3 is 2.74 bits per heavy atom. The lowest BCUT2D eigenvalue weighted by Crippen LogP contribution is -2.09. The minimum atomic E-state index is -0.245. The first kappa shape index (κ1) is 19.5. The molecule has 0 fully saturated rings. The van der Waals surface area contributed by atoms with Gasteiger partial charge in [-0.25, -0.2) is 9.07 Å². The quantitative estimate of drug-likeness (QED) is 0.794. The molecule has 0 aliphatic rings. The van der Waals surface area contributed by atoms with E-state index in [-0.39, 0.29) is 18.2 Å². The third-order valence-corrected chi connectivity index (χ3v) is 3.35. The van der Waals surface area contributed by atoms with Crippen molar-refractivity contribution in [1.29, 1.82) is 0 Å². The highest BCUT2D eigenvalue weighted by atomic mass is 35.5. The summed E-state index contributed by atoms with van der Waals surface area (Å²) in [7, 11) is 1.89. The van der Waals surface area contributed by atoms with E-state index in [1.165, 1.54) is 12.1 Å². The van der Waals surface area contributed by atoms with Gasteiger partial charge in [-0.05, 0) is 37.1 Å². The van der Waals surface area contributed by atoms with Crippen LogP contribution < -0.4 is 10.1 Å². The molecule has 0 amide bonds. The second kappa shape index (κ2) is 9.53. The van der Waals surface area contributed by atoms with Gasteiger partial charge in [-0.15, -0.1) is 12.4 Å². The number of aromatic nitrogens is 2. The van der Waals surface area contributed by atoms with Crippen LogP contribution in [-0.4, -0.2) is 16.8 Å². The van der Waals surface area contributed by atoms with Crippen molar-refractivity contribution in [3.05, 3.63) is 47.4 Å². The van der Waals surface area contributed by atoms with Crippen LogP contribution in [0.25, 0.3) is 0 Å². The number of halogens is 2. The zero-order valence-corrected chi connectivity index (χ0v) is 14.7. The molecular formula is C17H25ClFN3O. The Balaban J connectivity index is 0.00000264. The molecule has 0 spiro atoms. The van der Waals surface area contributed by atoms with E-state index in [9.17, 15) is 4.39 Å². The van der Waals surface area contributed by atoms with Gasteiger partial charge in [-0.3, -0.25) is 0 Å². The standard InChI is InChI=1S/C17H24FN3O.ClH/c1-13(2)7-8-21-17(10-16(20-21)11-19-3)22-12-14-5-4-6-15(18)9-14;/h4-6,9-10,13,19H,7-8,11-12H2,1-3H3;1H. The SMILES string of the molecule is CNCc1cc(OCc2cccc(F)c2)n(CCC(C)C)n1.Cl. The van der Waals surface area contributed by atoms with Gasteiger partial charge >= 0.3 is 0 Å². The summed E-state index contributed by atoms with van der Waals surface area (Å²) < 4.78 is 20.9. The lowest BCUT2D eigenvalue weighted by molar-refractivity contribution is 0.268. The highest BCUT2D eigenvalue weighted by molar-refractivity contribution is 5.85. The van der Waals surface area contributed by atoms with Crippen molar-refractivity contribution >= 4 is 12.4 Å². The van der Waals surface area contributed by atoms with E-state index in [2.05, 4.69) is 24.3 Å². The van der Waals surface area contributed by atoms with E-state index in [4.69, 9.17) is 4.74 Å². The maximum Gasteiger partial charge on any atom is 0.212 e. The molecule has 4 nitrogen and oxygen atoms in total. The van der Waals surface area contributed by atoms with E-state index in [1.54, 1.807) is 6.07 Å². The molecule has 128 valence electrons. The number of aryl methyl sites for hydroxylation is 1. The minimum absolute atomic E-state index is 0. The van der Waals surface area contributed by atoms with Crippen LogP contribution in [0.5, 0.6) is 5.88 Å². The van der Waals surface area contributed by atoms with E-state index in [0.29, 0.717) is 19.1 Å². The van der Waals surface area contributed by atoms with Gasteiger partial charge in [-0.1, -0.05) is 26.0 Å². The molecule has 0 radical (unpaired) electrons. The van der Waals surface area contributed by atoms with E-state index < -0.39 is 0 Å². The van der Waals surface area contributed by atoms with Gasteiger partial charge in [0.2, 0.25) is 5.88 Å². The van der Waals surface area contributed by atoms with Crippen molar-refractivity contribution in [2.75, 3.05) is 7.05 Å². The summed E-state index contributed by atoms with van der Waals surface area (Å²) in [6, 6.07) is 8.41. The van der Waals surface area contributed by atoms with Gasteiger partial charge in [0, 0.05) is 19.2 Å². The number of hydrogen-bond donors (Lipinski definition) is 1. The summed E-state index contributed by atoms with van der Waals surface area (Å²) in [5.41, 5.74) is 1.76. The van der Waals surface area contributed by atoms with Crippen molar-refractivity contribution < 1.29 is 9.13 Å². The van der Waals surface area contributed by atoms with Crippen LogP contribution in [0.1, 0.15) is 31.5 Å². The molecule has 23 heavy (non-hydrogen) atoms. The molecule has 0 aliphatic carbocycles. The first-order valence-electron chi connectivity index (χ1n) is 7.67. The second-order valence-corrected chi connectivity index (χ2v) is 5.83. The third kappa shape index (κ3) is 6.20. The Kier molecular flexibility index (Phi) is 8.06. The summed E-state index contributed by atoms with van der Waals surface area (Å²) >= 11 is 0. The fourth-order valence-corrected chi connectivity index (χ4v) is 2.16. The Labute approximate surface area is 143 Å². The smallest absolute Gasteiger partial charge is 0.212 e. The molecule has 2 rings (SSSR count). The second-order valence-electron chi connectivity index (χ2n) is 5.83. The fraction of sp³-hybridized carbons (Fsp3) is 0.471. The van der Waals surface area contributed by atoms with E-state index in [0.717, 1.165) is 30.1 Å². The average molecular weight is 342 g/mol. The van der Waals surface area contributed by atoms with Gasteiger partial charge in [0.1, 0.15) is 12.4 Å². The third-order valence-electron chi connectivity index (χ3n) is 3.35. The molecule has 0 aliphatic heterocycles. The van der Waals surface area contributed by atoms with Crippen molar-refractivity contribution in [2.45, 2.75) is 40.0 Å². The predicted octanol–water partition coefficient (Wildman–Crippen LogP) is 3.79. The number of ether oxygens (including phenoxy) is 1. The van der Waals surface area contributed by atoms with Crippen LogP contribution in [0.4, 0.5) is 4.39 Å². The maximum absolute atomic E-state index is 13.2. The molecule has 0 atom stereocenters. The average Bonchev–Trinajstić information content (AvgIpc) is 2.85. The fourth-order valence-electron chi connectivity index (χ4n) is 2.16. The molecule has 0 unspecified atom stereocenters. The summed E-state index contributed by atoms with van der Waals surface area (Å²) in [5.74, 6) is 1.09. The van der Waals surface area contributed by atoms with Crippen molar-refractivity contribution in [3.8, 4) is 5.88 Å². The number of nitrogens with one attached hydrogen (secondary N) is 1. The molecular weight excluding hydrogens is 317 g/mol. The lowest BCUT2D eigenvalue weighted by Gasteiger charge is -2.10. The zero-order chi connectivity index (χ0) is 15.9. The molecule has 0 saturated heterocycles. The van der Waals surface area contributed by atoms with Crippen molar-refractivity contribution in [3.63, 3.8) is 0 Å². The Bertz CT molecular complexity index is 601. The number of benzene rings is 1. The van der Waals surface area contributed by atoms with E-state index >= 15 is 0 Å². The predicted molar refractivity (Wildman–Crippen MR) is 92.4 cm³/mol. The van der Waals surface area contributed by atoms with Crippen LogP contribution in [-0.2, 0) is 19.7 Å². The van der Waals surface area contributed by atoms with Crippen molar-refractivity contribution in [2.24, 2.45) is 5.92 Å². The molecule has 6 heteroatoms. The van der Waals surface area contributed by atoms with Crippen LogP contribution >= 0.6 is 12.4 Å². The Morgan fingerprint density at radius 1 is 1.30 bits per heavy atom. The minimum Gasteiger partial charge on any atom is -0.473 e. The van der Waals surface area contributed by atoms with Crippen LogP contribution in [0, 0.1) is 11.7 Å². The Hall–Kier alpha value is -1.59. The lowest BCUT2D eigenvalue weighted by atomic mass is 10.1. The summed E-state index contributed by atoms with van der Waals surface area (Å²) in [6.07, 6.45) is 1.04. The largest absolute Gasteiger partial charge is 0.473 e. The highest BCUT2D eigenvalue weighted by Gasteiger charge is 2.10. The van der Waals surface area contributed by atoms with Gasteiger partial charge in [0.15, 0.2) is 0 Å². The summed E-state index contributed by atoms with van der Waals surface area (Å²) in [4.78, 5) is 0.